The molecule has 30 heavy (non-hydrogen) atoms. The van der Waals surface area contributed by atoms with Gasteiger partial charge in [-0.1, -0.05) is 32.0 Å². The Hall–Kier alpha value is -2.74. The number of anilines is 2. The van der Waals surface area contributed by atoms with E-state index in [0.717, 1.165) is 40.2 Å². The predicted octanol–water partition coefficient (Wildman–Crippen LogP) is 3.62. The maximum Gasteiger partial charge on any atom is 0.248 e. The van der Waals surface area contributed by atoms with Crippen LogP contribution in [0.2, 0.25) is 0 Å². The monoisotopic (exact) mass is 434 g/mol. The van der Waals surface area contributed by atoms with Crippen LogP contribution < -0.4 is 19.1 Å². The summed E-state index contributed by atoms with van der Waals surface area (Å²) in [6, 6.07) is 9.67. The molecule has 0 saturated carbocycles. The van der Waals surface area contributed by atoms with Crippen molar-refractivity contribution in [2.24, 2.45) is 0 Å². The third-order valence-corrected chi connectivity index (χ3v) is 6.19. The molecule has 0 aliphatic rings. The molecule has 0 spiro atoms. The summed E-state index contributed by atoms with van der Waals surface area (Å²) in [5, 5.41) is 2.95. The van der Waals surface area contributed by atoms with Crippen LogP contribution in [0.5, 0.6) is 11.5 Å². The van der Waals surface area contributed by atoms with E-state index in [1.54, 1.807) is 25.1 Å². The van der Waals surface area contributed by atoms with Gasteiger partial charge in [0.15, 0.2) is 0 Å². The fourth-order valence-corrected chi connectivity index (χ4v) is 4.55. The van der Waals surface area contributed by atoms with Crippen LogP contribution in [0.25, 0.3) is 0 Å². The Balaban J connectivity index is 2.50. The highest BCUT2D eigenvalue weighted by Crippen LogP contribution is 2.35. The van der Waals surface area contributed by atoms with E-state index in [2.05, 4.69) is 5.32 Å². The van der Waals surface area contributed by atoms with E-state index in [4.69, 9.17) is 9.47 Å². The van der Waals surface area contributed by atoms with Crippen LogP contribution in [0.3, 0.4) is 0 Å². The molecule has 0 aliphatic heterocycles. The van der Waals surface area contributed by atoms with Gasteiger partial charge in [-0.25, -0.2) is 8.42 Å². The van der Waals surface area contributed by atoms with Crippen molar-refractivity contribution >= 4 is 27.3 Å². The van der Waals surface area contributed by atoms with Gasteiger partial charge in [-0.3, -0.25) is 9.10 Å². The fourth-order valence-electron chi connectivity index (χ4n) is 3.38. The minimum absolute atomic E-state index is 0.237. The van der Waals surface area contributed by atoms with Crippen LogP contribution >= 0.6 is 0 Å². The molecular weight excluding hydrogens is 404 g/mol. The number of hydrogen-bond donors (Lipinski definition) is 1. The highest BCUT2D eigenvalue weighted by molar-refractivity contribution is 7.92. The number of amides is 1. The molecule has 0 bridgehead atoms. The molecule has 0 aromatic heterocycles. The van der Waals surface area contributed by atoms with E-state index in [1.165, 1.54) is 14.2 Å². The second-order valence-electron chi connectivity index (χ2n) is 6.92. The Morgan fingerprint density at radius 2 is 1.67 bits per heavy atom. The first-order valence-electron chi connectivity index (χ1n) is 9.80. The number of nitrogens with one attached hydrogen (secondary N) is 1. The molecule has 0 radical (unpaired) electrons. The second kappa shape index (κ2) is 9.84. The van der Waals surface area contributed by atoms with E-state index in [0.29, 0.717) is 11.5 Å². The number of hydrogen-bond acceptors (Lipinski definition) is 5. The van der Waals surface area contributed by atoms with Gasteiger partial charge in [-0.05, 0) is 43.0 Å². The van der Waals surface area contributed by atoms with Crippen molar-refractivity contribution in [1.29, 1.82) is 0 Å². The molecular formula is C22H30N2O5S. The SMILES string of the molecule is CCc1cccc(CC)c1NC(=O)C(C)N(c1cc(OC)ccc1OC)S(C)(=O)=O. The zero-order chi connectivity index (χ0) is 22.5. The van der Waals surface area contributed by atoms with Gasteiger partial charge in [-0.2, -0.15) is 0 Å². The van der Waals surface area contributed by atoms with Crippen LogP contribution in [0.4, 0.5) is 11.4 Å². The van der Waals surface area contributed by atoms with E-state index in [-0.39, 0.29) is 5.69 Å². The maximum atomic E-state index is 13.2. The topological polar surface area (TPSA) is 84.9 Å². The van der Waals surface area contributed by atoms with E-state index in [1.807, 2.05) is 32.0 Å². The molecule has 7 nitrogen and oxygen atoms in total. The minimum atomic E-state index is -3.81. The smallest absolute Gasteiger partial charge is 0.248 e. The van der Waals surface area contributed by atoms with E-state index < -0.39 is 22.0 Å². The van der Waals surface area contributed by atoms with Gasteiger partial charge >= 0.3 is 0 Å². The van der Waals surface area contributed by atoms with Gasteiger partial charge < -0.3 is 14.8 Å². The van der Waals surface area contributed by atoms with Crippen molar-refractivity contribution in [2.45, 2.75) is 39.7 Å². The highest BCUT2D eigenvalue weighted by atomic mass is 32.2. The van der Waals surface area contributed by atoms with Crippen LogP contribution in [-0.4, -0.2) is 40.8 Å². The summed E-state index contributed by atoms with van der Waals surface area (Å²) in [5.41, 5.74) is 2.98. The van der Waals surface area contributed by atoms with Gasteiger partial charge in [-0.15, -0.1) is 0 Å². The standard InChI is InChI=1S/C22H30N2O5S/c1-7-16-10-9-11-17(8-2)21(16)23-22(25)15(3)24(30(6,26)27)19-14-18(28-4)12-13-20(19)29-5/h9-15H,7-8H2,1-6H3,(H,23,25). The summed E-state index contributed by atoms with van der Waals surface area (Å²) in [7, 11) is -0.874. The zero-order valence-corrected chi connectivity index (χ0v) is 19.2. The largest absolute Gasteiger partial charge is 0.497 e. The third-order valence-electron chi connectivity index (χ3n) is 4.96. The van der Waals surface area contributed by atoms with Crippen LogP contribution in [0, 0.1) is 0 Å². The number of aryl methyl sites for hydroxylation is 2. The molecule has 2 rings (SSSR count). The number of sulfonamides is 1. The minimum Gasteiger partial charge on any atom is -0.497 e. The average molecular weight is 435 g/mol. The molecule has 1 amide bonds. The van der Waals surface area contributed by atoms with Gasteiger partial charge in [0.2, 0.25) is 15.9 Å². The Morgan fingerprint density at radius 1 is 1.07 bits per heavy atom. The molecule has 0 saturated heterocycles. The predicted molar refractivity (Wildman–Crippen MR) is 120 cm³/mol. The molecule has 1 atom stereocenters. The lowest BCUT2D eigenvalue weighted by atomic mass is 10.0. The van der Waals surface area contributed by atoms with Crippen LogP contribution in [-0.2, 0) is 27.7 Å². The maximum absolute atomic E-state index is 13.2. The molecule has 1 N–H and O–H groups in total. The van der Waals surface area contributed by atoms with Gasteiger partial charge in [0, 0.05) is 11.8 Å². The van der Waals surface area contributed by atoms with Crippen LogP contribution in [0.15, 0.2) is 36.4 Å². The summed E-state index contributed by atoms with van der Waals surface area (Å²) in [4.78, 5) is 13.2. The first kappa shape index (κ1) is 23.5. The zero-order valence-electron chi connectivity index (χ0n) is 18.4. The third kappa shape index (κ3) is 5.05. The molecule has 164 valence electrons. The lowest BCUT2D eigenvalue weighted by Gasteiger charge is -2.30. The molecule has 1 unspecified atom stereocenters. The first-order chi connectivity index (χ1) is 14.2. The van der Waals surface area contributed by atoms with Gasteiger partial charge in [0.1, 0.15) is 17.5 Å². The van der Waals surface area contributed by atoms with Crippen molar-refractivity contribution < 1.29 is 22.7 Å². The average Bonchev–Trinajstić information content (AvgIpc) is 2.72. The number of benzene rings is 2. The number of carbonyl (C=O) groups excluding carboxylic acids is 1. The first-order valence-corrected chi connectivity index (χ1v) is 11.7. The highest BCUT2D eigenvalue weighted by Gasteiger charge is 2.32. The van der Waals surface area contributed by atoms with Crippen molar-refractivity contribution in [1.82, 2.24) is 0 Å². The Kier molecular flexibility index (Phi) is 7.72. The van der Waals surface area contributed by atoms with E-state index in [9.17, 15) is 13.2 Å². The molecule has 8 heteroatoms. The summed E-state index contributed by atoms with van der Waals surface area (Å²) < 4.78 is 37.0. The fraction of sp³-hybridized carbons (Fsp3) is 0.409. The van der Waals surface area contributed by atoms with Crippen molar-refractivity contribution in [3.8, 4) is 11.5 Å². The Labute approximate surface area is 179 Å². The number of methoxy groups -OCH3 is 2. The van der Waals surface area contributed by atoms with E-state index >= 15 is 0 Å². The van der Waals surface area contributed by atoms with Crippen molar-refractivity contribution in [3.63, 3.8) is 0 Å². The molecule has 0 fully saturated rings. The molecule has 2 aromatic rings. The molecule has 0 aliphatic carbocycles. The summed E-state index contributed by atoms with van der Waals surface area (Å²) in [6.45, 7) is 5.57. The lowest BCUT2D eigenvalue weighted by molar-refractivity contribution is -0.116. The number of nitrogens with zero attached hydrogens (tertiary/aromatic N) is 1. The lowest BCUT2D eigenvalue weighted by Crippen LogP contribution is -2.45. The van der Waals surface area contributed by atoms with Crippen molar-refractivity contribution in [3.05, 3.63) is 47.5 Å². The normalized spacial score (nSPS) is 12.2. The summed E-state index contributed by atoms with van der Waals surface area (Å²) in [5.74, 6) is 0.349. The van der Waals surface area contributed by atoms with Crippen LogP contribution in [0.1, 0.15) is 31.9 Å². The summed E-state index contributed by atoms with van der Waals surface area (Å²) >= 11 is 0. The number of para-hydroxylation sites is 1. The quantitative estimate of drug-likeness (QED) is 0.652. The molecule has 0 heterocycles. The Morgan fingerprint density at radius 3 is 2.13 bits per heavy atom. The number of carbonyl (C=O) groups is 1. The summed E-state index contributed by atoms with van der Waals surface area (Å²) in [6.07, 6.45) is 2.56. The van der Waals surface area contributed by atoms with Gasteiger partial charge in [0.05, 0.1) is 26.2 Å². The number of rotatable bonds is 9. The molecule has 2 aromatic carbocycles. The van der Waals surface area contributed by atoms with Crippen molar-refractivity contribution in [2.75, 3.05) is 30.1 Å². The second-order valence-corrected chi connectivity index (χ2v) is 8.78. The van der Waals surface area contributed by atoms with Gasteiger partial charge in [0.25, 0.3) is 0 Å². The Bertz CT molecular complexity index is 982. The number of ether oxygens (including phenoxy) is 2.